The van der Waals surface area contributed by atoms with E-state index in [4.69, 9.17) is 0 Å². The van der Waals surface area contributed by atoms with E-state index >= 15 is 0 Å². The number of hydrogen-bond donors (Lipinski definition) is 0. The van der Waals surface area contributed by atoms with E-state index in [1.54, 1.807) is 12.1 Å². The highest BCUT2D eigenvalue weighted by molar-refractivity contribution is 7.89. The van der Waals surface area contributed by atoms with Crippen LogP contribution in [0, 0.1) is 12.8 Å². The number of aryl methyl sites for hydroxylation is 1. The van der Waals surface area contributed by atoms with Gasteiger partial charge in [-0.15, -0.1) is 0 Å². The fourth-order valence-electron chi connectivity index (χ4n) is 3.65. The molecule has 0 spiro atoms. The van der Waals surface area contributed by atoms with Crippen LogP contribution >= 0.6 is 0 Å². The molecule has 1 heterocycles. The van der Waals surface area contributed by atoms with Crippen LogP contribution in [0.4, 0.5) is 0 Å². The Bertz CT molecular complexity index is 700. The van der Waals surface area contributed by atoms with Gasteiger partial charge < -0.3 is 0 Å². The van der Waals surface area contributed by atoms with Crippen LogP contribution in [0.3, 0.4) is 0 Å². The second-order valence-corrected chi connectivity index (χ2v) is 8.50. The zero-order chi connectivity index (χ0) is 16.4. The van der Waals surface area contributed by atoms with E-state index in [2.05, 4.69) is 0 Å². The van der Waals surface area contributed by atoms with Crippen LogP contribution in [0.15, 0.2) is 40.8 Å². The van der Waals surface area contributed by atoms with Crippen LogP contribution in [0.1, 0.15) is 37.7 Å². The Morgan fingerprint density at radius 3 is 2.35 bits per heavy atom. The summed E-state index contributed by atoms with van der Waals surface area (Å²) in [5, 5.41) is 0. The normalized spacial score (nSPS) is 23.7. The number of carbonyl (C=O) groups is 1. The Labute approximate surface area is 138 Å². The minimum atomic E-state index is -3.57. The second-order valence-electron chi connectivity index (χ2n) is 6.61. The molecule has 2 aliphatic rings. The predicted octanol–water partition coefficient (Wildman–Crippen LogP) is 3.07. The van der Waals surface area contributed by atoms with Crippen LogP contribution < -0.4 is 0 Å². The Hall–Kier alpha value is -1.46. The number of benzene rings is 1. The molecule has 0 aromatic heterocycles. The highest BCUT2D eigenvalue weighted by Crippen LogP contribution is 2.35. The van der Waals surface area contributed by atoms with E-state index < -0.39 is 10.0 Å². The van der Waals surface area contributed by atoms with Crippen LogP contribution in [0.5, 0.6) is 0 Å². The molecule has 0 bridgehead atoms. The molecule has 1 aromatic rings. The van der Waals surface area contributed by atoms with Crippen molar-refractivity contribution in [2.45, 2.75) is 50.0 Å². The number of carbonyl (C=O) groups excluding carboxylic acids is 1. The quantitative estimate of drug-likeness (QED) is 0.796. The maximum Gasteiger partial charge on any atom is 0.243 e. The molecule has 3 rings (SSSR count). The summed E-state index contributed by atoms with van der Waals surface area (Å²) in [5.41, 5.74) is 1.61. The summed E-state index contributed by atoms with van der Waals surface area (Å²) < 4.78 is 27.6. The molecule has 124 valence electrons. The molecule has 23 heavy (non-hydrogen) atoms. The van der Waals surface area contributed by atoms with Crippen LogP contribution in [0.2, 0.25) is 0 Å². The molecule has 5 heteroatoms. The summed E-state index contributed by atoms with van der Waals surface area (Å²) >= 11 is 0. The van der Waals surface area contributed by atoms with Gasteiger partial charge >= 0.3 is 0 Å². The Morgan fingerprint density at radius 2 is 1.74 bits per heavy atom. The number of aldehydes is 1. The van der Waals surface area contributed by atoms with Gasteiger partial charge in [0.2, 0.25) is 10.0 Å². The van der Waals surface area contributed by atoms with Crippen molar-refractivity contribution in [3.8, 4) is 0 Å². The molecule has 1 fully saturated rings. The van der Waals surface area contributed by atoms with E-state index in [0.29, 0.717) is 16.4 Å². The Morgan fingerprint density at radius 1 is 1.09 bits per heavy atom. The number of sulfonamides is 1. The van der Waals surface area contributed by atoms with Crippen molar-refractivity contribution in [2.75, 3.05) is 6.54 Å². The topological polar surface area (TPSA) is 54.5 Å². The van der Waals surface area contributed by atoms with Gasteiger partial charge in [-0.3, -0.25) is 4.79 Å². The van der Waals surface area contributed by atoms with Gasteiger partial charge in [-0.2, -0.15) is 4.31 Å². The second kappa shape index (κ2) is 6.57. The molecule has 1 aliphatic heterocycles. The highest BCUT2D eigenvalue weighted by atomic mass is 32.2. The smallest absolute Gasteiger partial charge is 0.243 e. The van der Waals surface area contributed by atoms with E-state index in [-0.39, 0.29) is 12.6 Å². The molecule has 0 amide bonds. The van der Waals surface area contributed by atoms with Crippen molar-refractivity contribution in [3.05, 3.63) is 41.5 Å². The lowest BCUT2D eigenvalue weighted by Crippen LogP contribution is -2.41. The van der Waals surface area contributed by atoms with Crippen molar-refractivity contribution in [1.82, 2.24) is 4.31 Å². The first-order valence-corrected chi connectivity index (χ1v) is 9.71. The van der Waals surface area contributed by atoms with Gasteiger partial charge in [0.05, 0.1) is 4.90 Å². The van der Waals surface area contributed by atoms with Crippen molar-refractivity contribution < 1.29 is 13.2 Å². The molecule has 1 aliphatic carbocycles. The van der Waals surface area contributed by atoms with E-state index in [1.165, 1.54) is 10.7 Å². The molecule has 0 N–H and O–H groups in total. The Kier molecular flexibility index (Phi) is 4.69. The predicted molar refractivity (Wildman–Crippen MR) is 89.6 cm³/mol. The van der Waals surface area contributed by atoms with Crippen LogP contribution in [-0.2, 0) is 14.8 Å². The maximum atomic E-state index is 13.0. The molecular formula is C18H23NO3S. The van der Waals surface area contributed by atoms with Gasteiger partial charge in [-0.05, 0) is 37.8 Å². The summed E-state index contributed by atoms with van der Waals surface area (Å²) in [6.07, 6.45) is 8.24. The monoisotopic (exact) mass is 333 g/mol. The van der Waals surface area contributed by atoms with Crippen molar-refractivity contribution in [2.24, 2.45) is 5.92 Å². The first-order chi connectivity index (χ1) is 11.0. The van der Waals surface area contributed by atoms with E-state index in [9.17, 15) is 13.2 Å². The van der Waals surface area contributed by atoms with Gasteiger partial charge in [-0.25, -0.2) is 8.42 Å². The number of hydrogen-bond acceptors (Lipinski definition) is 3. The zero-order valence-corrected chi connectivity index (χ0v) is 14.3. The summed E-state index contributed by atoms with van der Waals surface area (Å²) in [4.78, 5) is 11.5. The lowest BCUT2D eigenvalue weighted by molar-refractivity contribution is -0.104. The lowest BCUT2D eigenvalue weighted by Gasteiger charge is -2.33. The first-order valence-electron chi connectivity index (χ1n) is 8.27. The van der Waals surface area contributed by atoms with Crippen molar-refractivity contribution in [3.63, 3.8) is 0 Å². The fourth-order valence-corrected chi connectivity index (χ4v) is 5.28. The van der Waals surface area contributed by atoms with Gasteiger partial charge in [-0.1, -0.05) is 43.0 Å². The maximum absolute atomic E-state index is 13.0. The summed E-state index contributed by atoms with van der Waals surface area (Å²) in [6, 6.07) is 6.75. The van der Waals surface area contributed by atoms with Gasteiger partial charge in [0.15, 0.2) is 0 Å². The largest absolute Gasteiger partial charge is 0.298 e. The average Bonchev–Trinajstić information content (AvgIpc) is 3.01. The first kappa shape index (κ1) is 16.4. The third kappa shape index (κ3) is 3.26. The molecule has 4 nitrogen and oxygen atoms in total. The standard InChI is InChI=1S/C18H23NO3S/c1-14-7-9-17(10-8-14)23(21,22)19-12-15(13-20)11-18(19)16-5-3-2-4-6-16/h7-11,13,16,18H,2-6,12H2,1H3. The molecular weight excluding hydrogens is 310 g/mol. The minimum absolute atomic E-state index is 0.179. The fraction of sp³-hybridized carbons (Fsp3) is 0.500. The summed E-state index contributed by atoms with van der Waals surface area (Å²) in [7, 11) is -3.57. The molecule has 1 saturated carbocycles. The van der Waals surface area contributed by atoms with Gasteiger partial charge in [0.25, 0.3) is 0 Å². The average molecular weight is 333 g/mol. The summed E-state index contributed by atoms with van der Waals surface area (Å²) in [5.74, 6) is 0.321. The molecule has 0 saturated heterocycles. The third-order valence-electron chi connectivity index (χ3n) is 4.97. The van der Waals surface area contributed by atoms with Crippen LogP contribution in [-0.4, -0.2) is 31.6 Å². The lowest BCUT2D eigenvalue weighted by atomic mass is 9.84. The SMILES string of the molecule is Cc1ccc(S(=O)(=O)N2CC(C=O)=CC2C2CCCCC2)cc1. The minimum Gasteiger partial charge on any atom is -0.298 e. The molecule has 1 unspecified atom stereocenters. The van der Waals surface area contributed by atoms with Gasteiger partial charge in [0.1, 0.15) is 6.29 Å². The zero-order valence-electron chi connectivity index (χ0n) is 13.4. The van der Waals surface area contributed by atoms with Crippen molar-refractivity contribution >= 4 is 16.3 Å². The Balaban J connectivity index is 1.92. The molecule has 1 atom stereocenters. The van der Waals surface area contributed by atoms with Crippen molar-refractivity contribution in [1.29, 1.82) is 0 Å². The summed E-state index contributed by atoms with van der Waals surface area (Å²) in [6.45, 7) is 2.13. The number of nitrogens with zero attached hydrogens (tertiary/aromatic N) is 1. The number of rotatable bonds is 4. The van der Waals surface area contributed by atoms with E-state index in [0.717, 1.165) is 37.5 Å². The third-order valence-corrected chi connectivity index (χ3v) is 6.83. The van der Waals surface area contributed by atoms with Gasteiger partial charge in [0, 0.05) is 18.2 Å². The highest BCUT2D eigenvalue weighted by Gasteiger charge is 2.39. The van der Waals surface area contributed by atoms with Crippen LogP contribution in [0.25, 0.3) is 0 Å². The molecule has 0 radical (unpaired) electrons. The molecule has 1 aromatic carbocycles. The van der Waals surface area contributed by atoms with E-state index in [1.807, 2.05) is 25.1 Å².